The number of benzene rings is 5. The van der Waals surface area contributed by atoms with Crippen LogP contribution in [0.15, 0.2) is 109 Å². The monoisotopic (exact) mass is 449 g/mol. The summed E-state index contributed by atoms with van der Waals surface area (Å²) in [6.07, 6.45) is 6.54. The zero-order valence-corrected chi connectivity index (χ0v) is 19.2. The van der Waals surface area contributed by atoms with Crippen LogP contribution in [0.25, 0.3) is 49.7 Å². The van der Waals surface area contributed by atoms with Crippen LogP contribution in [-0.2, 0) is 6.42 Å². The summed E-state index contributed by atoms with van der Waals surface area (Å²) < 4.78 is 6.57. The van der Waals surface area contributed by atoms with Crippen molar-refractivity contribution in [2.75, 3.05) is 0 Å². The van der Waals surface area contributed by atoms with E-state index in [0.717, 1.165) is 40.6 Å². The molecule has 0 radical (unpaired) electrons. The molecule has 0 aliphatic heterocycles. The lowest BCUT2D eigenvalue weighted by molar-refractivity contribution is 0.494. The number of fused-ring (bicyclic) bond motifs is 4. The summed E-state index contributed by atoms with van der Waals surface area (Å²) in [5.41, 5.74) is 5.98. The molecule has 1 aliphatic rings. The van der Waals surface area contributed by atoms with Gasteiger partial charge in [-0.05, 0) is 47.4 Å². The fourth-order valence-corrected chi connectivity index (χ4v) is 5.41. The zero-order chi connectivity index (χ0) is 23.2. The van der Waals surface area contributed by atoms with E-state index in [4.69, 9.17) is 9.72 Å². The number of aryl methyl sites for hydroxylation is 1. The van der Waals surface area contributed by atoms with E-state index in [1.807, 2.05) is 30.3 Å². The summed E-state index contributed by atoms with van der Waals surface area (Å²) in [6, 6.07) is 35.8. The SMILES string of the molecule is C1=Cc2c(nc3ccccc3c2-c2c3ccccc3c(Oc3ccccc3)c3ccccc23)CC1. The Kier molecular flexibility index (Phi) is 4.63. The second kappa shape index (κ2) is 8.11. The first-order chi connectivity index (χ1) is 17.4. The summed E-state index contributed by atoms with van der Waals surface area (Å²) in [4.78, 5) is 5.06. The van der Waals surface area contributed by atoms with E-state index in [1.54, 1.807) is 0 Å². The predicted molar refractivity (Wildman–Crippen MR) is 146 cm³/mol. The van der Waals surface area contributed by atoms with Gasteiger partial charge in [0.1, 0.15) is 11.5 Å². The third kappa shape index (κ3) is 3.22. The van der Waals surface area contributed by atoms with Gasteiger partial charge in [-0.15, -0.1) is 0 Å². The summed E-state index contributed by atoms with van der Waals surface area (Å²) in [5, 5.41) is 5.79. The molecule has 0 unspecified atom stereocenters. The molecule has 35 heavy (non-hydrogen) atoms. The van der Waals surface area contributed by atoms with Gasteiger partial charge in [-0.25, -0.2) is 0 Å². The maximum absolute atomic E-state index is 6.57. The minimum atomic E-state index is 0.838. The van der Waals surface area contributed by atoms with Crippen LogP contribution in [0.5, 0.6) is 11.5 Å². The highest BCUT2D eigenvalue weighted by atomic mass is 16.5. The Morgan fingerprint density at radius 2 is 1.17 bits per heavy atom. The second-order valence-electron chi connectivity index (χ2n) is 9.02. The minimum Gasteiger partial charge on any atom is -0.456 e. The lowest BCUT2D eigenvalue weighted by Gasteiger charge is -2.22. The number of allylic oxidation sites excluding steroid dienone is 1. The van der Waals surface area contributed by atoms with E-state index in [1.165, 1.54) is 38.5 Å². The quantitative estimate of drug-likeness (QED) is 0.252. The third-order valence-electron chi connectivity index (χ3n) is 6.94. The van der Waals surface area contributed by atoms with E-state index >= 15 is 0 Å². The first-order valence-corrected chi connectivity index (χ1v) is 12.1. The number of aromatic nitrogens is 1. The van der Waals surface area contributed by atoms with Gasteiger partial charge in [-0.3, -0.25) is 4.98 Å². The largest absolute Gasteiger partial charge is 0.456 e. The first-order valence-electron chi connectivity index (χ1n) is 12.1. The highest BCUT2D eigenvalue weighted by Crippen LogP contribution is 2.47. The fourth-order valence-electron chi connectivity index (χ4n) is 5.41. The van der Waals surface area contributed by atoms with Crippen molar-refractivity contribution in [2.24, 2.45) is 0 Å². The van der Waals surface area contributed by atoms with E-state index < -0.39 is 0 Å². The van der Waals surface area contributed by atoms with Crippen LogP contribution < -0.4 is 4.74 Å². The number of ether oxygens (including phenoxy) is 1. The average Bonchev–Trinajstić information content (AvgIpc) is 2.93. The highest BCUT2D eigenvalue weighted by molar-refractivity contribution is 6.21. The first kappa shape index (κ1) is 20.0. The van der Waals surface area contributed by atoms with Gasteiger partial charge in [-0.2, -0.15) is 0 Å². The van der Waals surface area contributed by atoms with Crippen molar-refractivity contribution in [3.8, 4) is 22.6 Å². The lowest BCUT2D eigenvalue weighted by atomic mass is 9.85. The Hall–Kier alpha value is -4.43. The van der Waals surface area contributed by atoms with Crippen LogP contribution in [0.4, 0.5) is 0 Å². The molecule has 6 aromatic rings. The molecule has 0 bridgehead atoms. The van der Waals surface area contributed by atoms with Crippen LogP contribution in [0, 0.1) is 0 Å². The molecule has 0 saturated carbocycles. The molecule has 0 saturated heterocycles. The number of para-hydroxylation sites is 2. The van der Waals surface area contributed by atoms with E-state index in [-0.39, 0.29) is 0 Å². The van der Waals surface area contributed by atoms with Crippen molar-refractivity contribution in [1.29, 1.82) is 0 Å². The van der Waals surface area contributed by atoms with Gasteiger partial charge in [0.25, 0.3) is 0 Å². The molecule has 0 N–H and O–H groups in total. The van der Waals surface area contributed by atoms with Crippen LogP contribution >= 0.6 is 0 Å². The molecular weight excluding hydrogens is 426 g/mol. The van der Waals surface area contributed by atoms with Gasteiger partial charge in [-0.1, -0.05) is 97.1 Å². The molecule has 5 aromatic carbocycles. The third-order valence-corrected chi connectivity index (χ3v) is 6.94. The second-order valence-corrected chi connectivity index (χ2v) is 9.02. The van der Waals surface area contributed by atoms with Gasteiger partial charge < -0.3 is 4.74 Å². The number of pyridine rings is 1. The highest BCUT2D eigenvalue weighted by Gasteiger charge is 2.22. The van der Waals surface area contributed by atoms with Crippen molar-refractivity contribution in [3.05, 3.63) is 120 Å². The summed E-state index contributed by atoms with van der Waals surface area (Å²) in [6.45, 7) is 0. The van der Waals surface area contributed by atoms with Crippen LogP contribution in [0.2, 0.25) is 0 Å². The van der Waals surface area contributed by atoms with Crippen molar-refractivity contribution in [1.82, 2.24) is 4.98 Å². The molecule has 0 spiro atoms. The van der Waals surface area contributed by atoms with Gasteiger partial charge in [0, 0.05) is 33.0 Å². The smallest absolute Gasteiger partial charge is 0.143 e. The van der Waals surface area contributed by atoms with Gasteiger partial charge in [0.05, 0.1) is 5.52 Å². The zero-order valence-electron chi connectivity index (χ0n) is 19.2. The summed E-state index contributed by atoms with van der Waals surface area (Å²) in [7, 11) is 0. The molecule has 0 fully saturated rings. The van der Waals surface area contributed by atoms with E-state index in [0.29, 0.717) is 0 Å². The Labute approximate surface area is 204 Å². The van der Waals surface area contributed by atoms with E-state index in [2.05, 4.69) is 84.9 Å². The molecule has 7 rings (SSSR count). The van der Waals surface area contributed by atoms with Crippen molar-refractivity contribution < 1.29 is 4.74 Å². The molecule has 1 heterocycles. The minimum absolute atomic E-state index is 0.838. The molecule has 166 valence electrons. The van der Waals surface area contributed by atoms with E-state index in [9.17, 15) is 0 Å². The topological polar surface area (TPSA) is 22.1 Å². The number of nitrogens with zero attached hydrogens (tertiary/aromatic N) is 1. The standard InChI is InChI=1S/C33H23NO/c1-2-12-22(13-3-1)35-33-25-16-6-4-14-23(25)31(24-15-5-7-17-26(24)33)32-27-18-8-10-20-29(27)34-30-21-11-9-19-28(30)32/h1-10,12-20H,11,21H2. The van der Waals surface area contributed by atoms with Crippen LogP contribution in [-0.4, -0.2) is 4.98 Å². The molecule has 2 nitrogen and oxygen atoms in total. The fraction of sp³-hybridized carbons (Fsp3) is 0.0606. The summed E-state index contributed by atoms with van der Waals surface area (Å²) >= 11 is 0. The molecule has 2 heteroatoms. The van der Waals surface area contributed by atoms with Crippen LogP contribution in [0.1, 0.15) is 17.7 Å². The maximum Gasteiger partial charge on any atom is 0.143 e. The molecule has 0 amide bonds. The molecule has 1 aromatic heterocycles. The predicted octanol–water partition coefficient (Wildman–Crippen LogP) is 8.96. The van der Waals surface area contributed by atoms with Crippen molar-refractivity contribution in [2.45, 2.75) is 12.8 Å². The van der Waals surface area contributed by atoms with Crippen LogP contribution in [0.3, 0.4) is 0 Å². The maximum atomic E-state index is 6.57. The Morgan fingerprint density at radius 3 is 1.89 bits per heavy atom. The van der Waals surface area contributed by atoms with Crippen molar-refractivity contribution >= 4 is 38.5 Å². The van der Waals surface area contributed by atoms with Gasteiger partial charge >= 0.3 is 0 Å². The average molecular weight is 450 g/mol. The summed E-state index contributed by atoms with van der Waals surface area (Å²) in [5.74, 6) is 1.74. The molecule has 1 aliphatic carbocycles. The lowest BCUT2D eigenvalue weighted by Crippen LogP contribution is -2.03. The Bertz CT molecular complexity index is 1710. The number of hydrogen-bond acceptors (Lipinski definition) is 2. The normalized spacial score (nSPS) is 12.8. The van der Waals surface area contributed by atoms with Gasteiger partial charge in [0.2, 0.25) is 0 Å². The van der Waals surface area contributed by atoms with Crippen molar-refractivity contribution in [3.63, 3.8) is 0 Å². The van der Waals surface area contributed by atoms with Gasteiger partial charge in [0.15, 0.2) is 0 Å². The Balaban J connectivity index is 1.65. The Morgan fingerprint density at radius 1 is 0.571 bits per heavy atom. The molecular formula is C33H23NO. The number of hydrogen-bond donors (Lipinski definition) is 0. The molecule has 0 atom stereocenters. The number of rotatable bonds is 3.